The molecule has 3 rings (SSSR count). The summed E-state index contributed by atoms with van der Waals surface area (Å²) in [6.45, 7) is 8.24. The standard InChI is InChI=1S/C17H26N4O/c1-18-7-11-21(12-8-18)17(22)15-19-9-13-20(14-10-19)16-5-3-2-4-6-16/h2-6H,7-15H2,1H3. The first kappa shape index (κ1) is 15.3. The summed E-state index contributed by atoms with van der Waals surface area (Å²) < 4.78 is 0. The zero-order valence-corrected chi connectivity index (χ0v) is 13.4. The molecule has 5 heteroatoms. The van der Waals surface area contributed by atoms with Crippen LogP contribution in [0.15, 0.2) is 30.3 Å². The van der Waals surface area contributed by atoms with Gasteiger partial charge in [0.15, 0.2) is 0 Å². The van der Waals surface area contributed by atoms with Crippen LogP contribution in [0.25, 0.3) is 0 Å². The summed E-state index contributed by atoms with van der Waals surface area (Å²) in [6.07, 6.45) is 0. The molecule has 1 aromatic rings. The highest BCUT2D eigenvalue weighted by Gasteiger charge is 2.23. The molecule has 2 aliphatic rings. The lowest BCUT2D eigenvalue weighted by Gasteiger charge is -2.38. The summed E-state index contributed by atoms with van der Waals surface area (Å²) >= 11 is 0. The van der Waals surface area contributed by atoms with Crippen molar-refractivity contribution in [2.24, 2.45) is 0 Å². The molecule has 0 saturated carbocycles. The van der Waals surface area contributed by atoms with E-state index in [1.807, 2.05) is 4.90 Å². The molecule has 2 fully saturated rings. The van der Waals surface area contributed by atoms with Gasteiger partial charge >= 0.3 is 0 Å². The molecular formula is C17H26N4O. The SMILES string of the molecule is CN1CCN(C(=O)CN2CCN(c3ccccc3)CC2)CC1. The van der Waals surface area contributed by atoms with Crippen LogP contribution in [0.1, 0.15) is 0 Å². The van der Waals surface area contributed by atoms with Crippen LogP contribution < -0.4 is 4.90 Å². The summed E-state index contributed by atoms with van der Waals surface area (Å²) in [5, 5.41) is 0. The highest BCUT2D eigenvalue weighted by atomic mass is 16.2. The second-order valence-electron chi connectivity index (χ2n) is 6.28. The van der Waals surface area contributed by atoms with Gasteiger partial charge in [-0.2, -0.15) is 0 Å². The third-order valence-corrected chi connectivity index (χ3v) is 4.71. The van der Waals surface area contributed by atoms with E-state index in [0.29, 0.717) is 12.5 Å². The van der Waals surface area contributed by atoms with Crippen molar-refractivity contribution >= 4 is 11.6 Å². The van der Waals surface area contributed by atoms with Crippen molar-refractivity contribution in [3.8, 4) is 0 Å². The van der Waals surface area contributed by atoms with Gasteiger partial charge in [0.05, 0.1) is 6.54 Å². The minimum absolute atomic E-state index is 0.293. The Balaban J connectivity index is 1.45. The van der Waals surface area contributed by atoms with Crippen molar-refractivity contribution < 1.29 is 4.79 Å². The molecule has 5 nitrogen and oxygen atoms in total. The molecule has 0 radical (unpaired) electrons. The molecule has 2 heterocycles. The van der Waals surface area contributed by atoms with Crippen LogP contribution in [0.5, 0.6) is 0 Å². The maximum Gasteiger partial charge on any atom is 0.236 e. The predicted molar refractivity (Wildman–Crippen MR) is 89.2 cm³/mol. The van der Waals surface area contributed by atoms with Crippen LogP contribution in [-0.2, 0) is 4.79 Å². The second-order valence-corrected chi connectivity index (χ2v) is 6.28. The number of amides is 1. The van der Waals surface area contributed by atoms with Crippen LogP contribution in [0, 0.1) is 0 Å². The molecule has 0 N–H and O–H groups in total. The number of rotatable bonds is 3. The Labute approximate surface area is 133 Å². The van der Waals surface area contributed by atoms with Crippen LogP contribution in [0.4, 0.5) is 5.69 Å². The zero-order chi connectivity index (χ0) is 15.4. The number of hydrogen-bond acceptors (Lipinski definition) is 4. The summed E-state index contributed by atoms with van der Waals surface area (Å²) in [5.41, 5.74) is 1.28. The van der Waals surface area contributed by atoms with Crippen LogP contribution >= 0.6 is 0 Å². The van der Waals surface area contributed by atoms with E-state index in [4.69, 9.17) is 0 Å². The maximum absolute atomic E-state index is 12.4. The van der Waals surface area contributed by atoms with Crippen molar-refractivity contribution in [2.45, 2.75) is 0 Å². The molecule has 120 valence electrons. The number of carbonyl (C=O) groups is 1. The molecule has 2 saturated heterocycles. The molecule has 2 aliphatic heterocycles. The van der Waals surface area contributed by atoms with Gasteiger partial charge in [-0.25, -0.2) is 0 Å². The number of anilines is 1. The molecule has 0 bridgehead atoms. The van der Waals surface area contributed by atoms with Gasteiger partial charge in [0, 0.05) is 58.0 Å². The first-order valence-electron chi connectivity index (χ1n) is 8.21. The highest BCUT2D eigenvalue weighted by Crippen LogP contribution is 2.15. The molecule has 1 amide bonds. The fourth-order valence-corrected chi connectivity index (χ4v) is 3.15. The molecule has 0 aromatic heterocycles. The number of para-hydroxylation sites is 1. The molecule has 0 spiro atoms. The average molecular weight is 302 g/mol. The van der Waals surface area contributed by atoms with Crippen molar-refractivity contribution in [3.05, 3.63) is 30.3 Å². The molecule has 0 unspecified atom stereocenters. The molecule has 22 heavy (non-hydrogen) atoms. The summed E-state index contributed by atoms with van der Waals surface area (Å²) in [7, 11) is 2.12. The van der Waals surface area contributed by atoms with E-state index in [2.05, 4.69) is 52.1 Å². The Morgan fingerprint density at radius 1 is 0.909 bits per heavy atom. The third kappa shape index (κ3) is 3.78. The Hall–Kier alpha value is -1.59. The summed E-state index contributed by atoms with van der Waals surface area (Å²) in [6, 6.07) is 10.5. The van der Waals surface area contributed by atoms with Crippen LogP contribution in [-0.4, -0.2) is 86.6 Å². The van der Waals surface area contributed by atoms with Gasteiger partial charge < -0.3 is 14.7 Å². The van der Waals surface area contributed by atoms with Gasteiger partial charge in [-0.1, -0.05) is 18.2 Å². The van der Waals surface area contributed by atoms with Gasteiger partial charge in [0.1, 0.15) is 0 Å². The fourth-order valence-electron chi connectivity index (χ4n) is 3.15. The lowest BCUT2D eigenvalue weighted by molar-refractivity contribution is -0.134. The van der Waals surface area contributed by atoms with Crippen molar-refractivity contribution in [1.29, 1.82) is 0 Å². The largest absolute Gasteiger partial charge is 0.369 e. The van der Waals surface area contributed by atoms with E-state index in [9.17, 15) is 4.79 Å². The molecular weight excluding hydrogens is 276 g/mol. The van der Waals surface area contributed by atoms with Crippen molar-refractivity contribution in [3.63, 3.8) is 0 Å². The first-order chi connectivity index (χ1) is 10.7. The number of benzene rings is 1. The Bertz CT molecular complexity index is 477. The summed E-state index contributed by atoms with van der Waals surface area (Å²) in [5.74, 6) is 0.293. The Morgan fingerprint density at radius 3 is 2.18 bits per heavy atom. The monoisotopic (exact) mass is 302 g/mol. The molecule has 0 aliphatic carbocycles. The van der Waals surface area contributed by atoms with Gasteiger partial charge in [-0.05, 0) is 19.2 Å². The highest BCUT2D eigenvalue weighted by molar-refractivity contribution is 5.78. The van der Waals surface area contributed by atoms with Crippen molar-refractivity contribution in [2.75, 3.05) is 70.9 Å². The third-order valence-electron chi connectivity index (χ3n) is 4.71. The Kier molecular flexibility index (Phi) is 4.95. The first-order valence-corrected chi connectivity index (χ1v) is 8.21. The minimum atomic E-state index is 0.293. The number of piperazine rings is 2. The number of hydrogen-bond donors (Lipinski definition) is 0. The fraction of sp³-hybridized carbons (Fsp3) is 0.588. The van der Waals surface area contributed by atoms with E-state index < -0.39 is 0 Å². The maximum atomic E-state index is 12.4. The van der Waals surface area contributed by atoms with E-state index >= 15 is 0 Å². The Morgan fingerprint density at radius 2 is 1.55 bits per heavy atom. The van der Waals surface area contributed by atoms with Gasteiger partial charge in [-0.3, -0.25) is 9.69 Å². The number of carbonyl (C=O) groups excluding carboxylic acids is 1. The molecule has 1 aromatic carbocycles. The normalized spacial score (nSPS) is 21.1. The topological polar surface area (TPSA) is 30.0 Å². The minimum Gasteiger partial charge on any atom is -0.369 e. The zero-order valence-electron chi connectivity index (χ0n) is 13.4. The van der Waals surface area contributed by atoms with Gasteiger partial charge in [-0.15, -0.1) is 0 Å². The quantitative estimate of drug-likeness (QED) is 0.817. The van der Waals surface area contributed by atoms with E-state index in [1.54, 1.807) is 0 Å². The van der Waals surface area contributed by atoms with Gasteiger partial charge in [0.2, 0.25) is 5.91 Å². The van der Waals surface area contributed by atoms with E-state index in [-0.39, 0.29) is 0 Å². The van der Waals surface area contributed by atoms with Crippen LogP contribution in [0.2, 0.25) is 0 Å². The van der Waals surface area contributed by atoms with Crippen LogP contribution in [0.3, 0.4) is 0 Å². The predicted octanol–water partition coefficient (Wildman–Crippen LogP) is 0.583. The lowest BCUT2D eigenvalue weighted by Crippen LogP contribution is -2.53. The van der Waals surface area contributed by atoms with Crippen molar-refractivity contribution in [1.82, 2.24) is 14.7 Å². The number of likely N-dealkylation sites (N-methyl/N-ethyl adjacent to an activating group) is 1. The summed E-state index contributed by atoms with van der Waals surface area (Å²) in [4.78, 5) is 21.4. The van der Waals surface area contributed by atoms with E-state index in [1.165, 1.54) is 5.69 Å². The smallest absolute Gasteiger partial charge is 0.236 e. The van der Waals surface area contributed by atoms with E-state index in [0.717, 1.165) is 52.4 Å². The lowest BCUT2D eigenvalue weighted by atomic mass is 10.2. The second kappa shape index (κ2) is 7.11. The molecule has 0 atom stereocenters. The van der Waals surface area contributed by atoms with Gasteiger partial charge in [0.25, 0.3) is 0 Å². The average Bonchev–Trinajstić information content (AvgIpc) is 2.57. The number of nitrogens with zero attached hydrogens (tertiary/aromatic N) is 4.